The fourth-order valence-electron chi connectivity index (χ4n) is 3.10. The van der Waals surface area contributed by atoms with Gasteiger partial charge in [0, 0.05) is 36.4 Å². The Bertz CT molecular complexity index is 1270. The van der Waals surface area contributed by atoms with Crippen molar-refractivity contribution in [3.8, 4) is 11.3 Å². The second kappa shape index (κ2) is 11.7. The fraction of sp³-hybridized carbons (Fsp3) is 0.273. The molecule has 0 unspecified atom stereocenters. The summed E-state index contributed by atoms with van der Waals surface area (Å²) in [5.74, 6) is -1.58. The highest BCUT2D eigenvalue weighted by molar-refractivity contribution is 7.89. The Kier molecular flexibility index (Phi) is 8.73. The molecule has 0 aliphatic heterocycles. The minimum Gasteiger partial charge on any atom is -0.481 e. The van der Waals surface area contributed by atoms with E-state index in [9.17, 15) is 22.8 Å². The Labute approximate surface area is 206 Å². The summed E-state index contributed by atoms with van der Waals surface area (Å²) in [6.45, 7) is -0.187. The molecule has 2 amide bonds. The van der Waals surface area contributed by atoms with Gasteiger partial charge in [0.15, 0.2) is 5.13 Å². The van der Waals surface area contributed by atoms with Crippen molar-refractivity contribution in [2.75, 3.05) is 29.7 Å². The van der Waals surface area contributed by atoms with Crippen LogP contribution in [0.2, 0.25) is 0 Å². The van der Waals surface area contributed by atoms with Crippen molar-refractivity contribution in [2.24, 2.45) is 0 Å². The van der Waals surface area contributed by atoms with Gasteiger partial charge < -0.3 is 15.2 Å². The average Bonchev–Trinajstić information content (AvgIpc) is 3.49. The van der Waals surface area contributed by atoms with Crippen LogP contribution >= 0.6 is 11.3 Å². The van der Waals surface area contributed by atoms with E-state index >= 15 is 0 Å². The predicted molar refractivity (Wildman–Crippen MR) is 131 cm³/mol. The van der Waals surface area contributed by atoms with Gasteiger partial charge in [-0.25, -0.2) is 13.4 Å². The van der Waals surface area contributed by atoms with E-state index in [1.165, 1.54) is 29.8 Å². The number of aromatic nitrogens is 2. The van der Waals surface area contributed by atoms with E-state index < -0.39 is 27.9 Å². The first-order chi connectivity index (χ1) is 16.7. The van der Waals surface area contributed by atoms with Crippen LogP contribution in [-0.2, 0) is 29.1 Å². The third kappa shape index (κ3) is 7.21. The van der Waals surface area contributed by atoms with Gasteiger partial charge in [-0.3, -0.25) is 23.3 Å². The summed E-state index contributed by atoms with van der Waals surface area (Å²) in [5, 5.41) is 13.5. The Morgan fingerprint density at radius 2 is 2.03 bits per heavy atom. The molecular weight excluding hydrogens is 496 g/mol. The highest BCUT2D eigenvalue weighted by Crippen LogP contribution is 2.25. The number of hydrogen-bond acceptors (Lipinski definition) is 8. The maximum absolute atomic E-state index is 13.2. The highest BCUT2D eigenvalue weighted by Gasteiger charge is 2.28. The molecular formula is C22H24N4O7S2. The number of nitrogens with zero attached hydrogens (tertiary/aromatic N) is 3. The van der Waals surface area contributed by atoms with E-state index in [1.807, 2.05) is 30.3 Å². The third-order valence-corrected chi connectivity index (χ3v) is 6.59. The summed E-state index contributed by atoms with van der Waals surface area (Å²) in [6, 6.07) is 9.60. The second-order valence-electron chi connectivity index (χ2n) is 7.46. The number of rotatable bonds is 13. The molecule has 0 aliphatic rings. The number of hydrogen-bond donors (Lipinski definition) is 2. The zero-order valence-electron chi connectivity index (χ0n) is 18.7. The van der Waals surface area contributed by atoms with Crippen molar-refractivity contribution in [1.82, 2.24) is 8.96 Å². The summed E-state index contributed by atoms with van der Waals surface area (Å²) in [6.07, 6.45) is 4.01. The SMILES string of the molecule is CS(=O)(=O)n1ccc(N(C=O)[C@@H](COCCCC(=O)O)C(=O)Nc2nc(-c3ccccc3)cs2)c1. The number of anilines is 2. The lowest BCUT2D eigenvalue weighted by molar-refractivity contribution is -0.137. The largest absolute Gasteiger partial charge is 0.481 e. The van der Waals surface area contributed by atoms with Crippen molar-refractivity contribution in [1.29, 1.82) is 0 Å². The Hall–Kier alpha value is -3.55. The predicted octanol–water partition coefficient (Wildman–Crippen LogP) is 2.27. The van der Waals surface area contributed by atoms with Crippen LogP contribution in [0.15, 0.2) is 54.2 Å². The minimum absolute atomic E-state index is 0.0581. The molecule has 3 aromatic rings. The number of benzene rings is 1. The van der Waals surface area contributed by atoms with Crippen LogP contribution < -0.4 is 10.2 Å². The lowest BCUT2D eigenvalue weighted by atomic mass is 10.2. The van der Waals surface area contributed by atoms with Gasteiger partial charge in [0.05, 0.1) is 24.2 Å². The molecule has 1 aromatic carbocycles. The Morgan fingerprint density at radius 3 is 2.66 bits per heavy atom. The Balaban J connectivity index is 1.79. The van der Waals surface area contributed by atoms with Gasteiger partial charge in [0.2, 0.25) is 16.4 Å². The zero-order chi connectivity index (χ0) is 25.4. The van der Waals surface area contributed by atoms with E-state index in [-0.39, 0.29) is 31.7 Å². The smallest absolute Gasteiger partial charge is 0.303 e. The third-order valence-electron chi connectivity index (χ3n) is 4.84. The topological polar surface area (TPSA) is 148 Å². The summed E-state index contributed by atoms with van der Waals surface area (Å²) >= 11 is 1.21. The first-order valence-corrected chi connectivity index (χ1v) is 13.2. The summed E-state index contributed by atoms with van der Waals surface area (Å²) < 4.78 is 30.1. The van der Waals surface area contributed by atoms with Gasteiger partial charge in [0.1, 0.15) is 6.04 Å². The quantitative estimate of drug-likeness (QED) is 0.258. The van der Waals surface area contributed by atoms with Gasteiger partial charge in [-0.05, 0) is 12.5 Å². The molecule has 13 heteroatoms. The number of thiazole rings is 1. The summed E-state index contributed by atoms with van der Waals surface area (Å²) in [4.78, 5) is 41.3. The molecule has 0 bridgehead atoms. The van der Waals surface area contributed by atoms with E-state index in [4.69, 9.17) is 9.84 Å². The van der Waals surface area contributed by atoms with Crippen molar-refractivity contribution >= 4 is 50.5 Å². The number of nitrogens with one attached hydrogen (secondary N) is 1. The molecule has 2 aromatic heterocycles. The van der Waals surface area contributed by atoms with Gasteiger partial charge in [-0.2, -0.15) is 0 Å². The molecule has 35 heavy (non-hydrogen) atoms. The van der Waals surface area contributed by atoms with Crippen LogP contribution in [0.4, 0.5) is 10.8 Å². The first kappa shape index (κ1) is 26.1. The van der Waals surface area contributed by atoms with Crippen molar-refractivity contribution < 1.29 is 32.6 Å². The average molecular weight is 521 g/mol. The van der Waals surface area contributed by atoms with Gasteiger partial charge in [-0.15, -0.1) is 11.3 Å². The number of ether oxygens (including phenoxy) is 1. The molecule has 2 heterocycles. The Morgan fingerprint density at radius 1 is 1.29 bits per heavy atom. The van der Waals surface area contributed by atoms with E-state index in [1.54, 1.807) is 5.38 Å². The lowest BCUT2D eigenvalue weighted by Gasteiger charge is -2.26. The summed E-state index contributed by atoms with van der Waals surface area (Å²) in [7, 11) is -3.60. The van der Waals surface area contributed by atoms with Crippen LogP contribution in [0.1, 0.15) is 12.8 Å². The fourth-order valence-corrected chi connectivity index (χ4v) is 4.41. The lowest BCUT2D eigenvalue weighted by Crippen LogP contribution is -2.46. The van der Waals surface area contributed by atoms with Crippen LogP contribution in [0, 0.1) is 0 Å². The van der Waals surface area contributed by atoms with Crippen LogP contribution in [0.25, 0.3) is 11.3 Å². The molecule has 3 rings (SSSR count). The van der Waals surface area contributed by atoms with Crippen molar-refractivity contribution in [3.63, 3.8) is 0 Å². The van der Waals surface area contributed by atoms with Crippen molar-refractivity contribution in [3.05, 3.63) is 54.2 Å². The van der Waals surface area contributed by atoms with Crippen LogP contribution in [-0.4, -0.2) is 66.3 Å². The molecule has 2 N–H and O–H groups in total. The molecule has 0 saturated heterocycles. The van der Waals surface area contributed by atoms with Gasteiger partial charge in [0.25, 0.3) is 5.91 Å². The first-order valence-electron chi connectivity index (χ1n) is 10.4. The number of amides is 2. The molecule has 11 nitrogen and oxygen atoms in total. The molecule has 0 aliphatic carbocycles. The maximum Gasteiger partial charge on any atom is 0.303 e. The van der Waals surface area contributed by atoms with E-state index in [0.29, 0.717) is 17.2 Å². The summed E-state index contributed by atoms with van der Waals surface area (Å²) in [5.41, 5.74) is 1.72. The standard InChI is InChI=1S/C22H24N4O7S2/c1-35(31,32)25-10-9-17(12-25)26(15-27)19(13-33-11-5-8-20(28)29)21(30)24-22-23-18(14-34-22)16-6-3-2-4-7-16/h2-4,6-7,9-10,12,14-15,19H,5,8,11,13H2,1H3,(H,28,29)(H,23,24,30)/t19-/m0/s1. The monoisotopic (exact) mass is 520 g/mol. The van der Waals surface area contributed by atoms with Crippen LogP contribution in [0.3, 0.4) is 0 Å². The molecule has 0 radical (unpaired) electrons. The number of carbonyl (C=O) groups is 3. The molecule has 0 saturated carbocycles. The van der Waals surface area contributed by atoms with E-state index in [0.717, 1.165) is 20.7 Å². The molecule has 0 fully saturated rings. The molecule has 186 valence electrons. The number of aliphatic carboxylic acids is 1. The second-order valence-corrected chi connectivity index (χ2v) is 10.2. The minimum atomic E-state index is -3.60. The molecule has 0 spiro atoms. The number of carbonyl (C=O) groups excluding carboxylic acids is 2. The highest BCUT2D eigenvalue weighted by atomic mass is 32.2. The van der Waals surface area contributed by atoms with Crippen molar-refractivity contribution in [2.45, 2.75) is 18.9 Å². The van der Waals surface area contributed by atoms with E-state index in [2.05, 4.69) is 10.3 Å². The molecule has 1 atom stereocenters. The normalized spacial score (nSPS) is 12.1. The zero-order valence-corrected chi connectivity index (χ0v) is 20.4. The van der Waals surface area contributed by atoms with Crippen LogP contribution in [0.5, 0.6) is 0 Å². The maximum atomic E-state index is 13.2. The number of carboxylic acids is 1. The van der Waals surface area contributed by atoms with Gasteiger partial charge >= 0.3 is 5.97 Å². The van der Waals surface area contributed by atoms with Gasteiger partial charge in [-0.1, -0.05) is 30.3 Å². The number of carboxylic acid groups (broad SMARTS) is 1.